The number of H-pyrrole nitrogens is 1. The Balaban J connectivity index is 1.67. The van der Waals surface area contributed by atoms with Crippen molar-refractivity contribution in [2.24, 2.45) is 0 Å². The molecular weight excluding hydrogens is 575 g/mol. The molecule has 42 heavy (non-hydrogen) atoms. The fraction of sp³-hybridized carbons (Fsp3) is 0.290. The van der Waals surface area contributed by atoms with Crippen molar-refractivity contribution < 1.29 is 22.1 Å². The summed E-state index contributed by atoms with van der Waals surface area (Å²) >= 11 is 6.10. The SMILES string of the molecule is [2H]C([2H])([2H])N(C([2H])([2H])[2H])P(=O)(Cl)OC[C@H]1CN(C(c2ccccc2)(c2ccccc2)c2ccccc2)C[C@H](n2cc(C)c(=O)[nH]c2=O)O1. The molecule has 1 fully saturated rings. The van der Waals surface area contributed by atoms with Crippen LogP contribution in [0.4, 0.5) is 0 Å². The number of morpholine rings is 1. The van der Waals surface area contributed by atoms with E-state index < -0.39 is 56.6 Å². The molecule has 1 aromatic heterocycles. The first-order chi connectivity index (χ1) is 22.5. The van der Waals surface area contributed by atoms with E-state index in [1.165, 1.54) is 10.8 Å². The third kappa shape index (κ3) is 5.95. The lowest BCUT2D eigenvalue weighted by molar-refractivity contribution is -0.148. The van der Waals surface area contributed by atoms with Crippen LogP contribution in [0.2, 0.25) is 0 Å². The van der Waals surface area contributed by atoms with E-state index in [1.54, 1.807) is 6.92 Å². The van der Waals surface area contributed by atoms with E-state index in [1.807, 2.05) is 91.0 Å². The fourth-order valence-corrected chi connectivity index (χ4v) is 6.09. The number of nitrogens with one attached hydrogen (secondary N) is 1. The van der Waals surface area contributed by atoms with Gasteiger partial charge in [0.15, 0.2) is 6.23 Å². The molecule has 1 aliphatic heterocycles. The molecule has 0 aliphatic carbocycles. The summed E-state index contributed by atoms with van der Waals surface area (Å²) in [6.45, 7) is -10.7. The Bertz CT molecular complexity index is 1770. The number of ether oxygens (including phenoxy) is 1. The van der Waals surface area contributed by atoms with E-state index in [4.69, 9.17) is 28.7 Å². The predicted molar refractivity (Wildman–Crippen MR) is 164 cm³/mol. The minimum Gasteiger partial charge on any atom is -0.350 e. The number of hydrogen-bond acceptors (Lipinski definition) is 6. The smallest absolute Gasteiger partial charge is 0.350 e. The zero-order chi connectivity index (χ0) is 34.9. The first-order valence-corrected chi connectivity index (χ1v) is 15.7. The molecular formula is C31H34ClN4O5P. The van der Waals surface area contributed by atoms with E-state index in [0.717, 1.165) is 16.7 Å². The molecule has 4 aromatic rings. The molecule has 0 spiro atoms. The average Bonchev–Trinajstić information content (AvgIpc) is 3.02. The van der Waals surface area contributed by atoms with Gasteiger partial charge in [-0.15, -0.1) is 0 Å². The van der Waals surface area contributed by atoms with Crippen molar-refractivity contribution in [3.8, 4) is 0 Å². The molecule has 1 unspecified atom stereocenters. The molecule has 3 aromatic carbocycles. The van der Waals surface area contributed by atoms with Gasteiger partial charge in [-0.2, -0.15) is 0 Å². The van der Waals surface area contributed by atoms with Crippen molar-refractivity contribution >= 4 is 18.1 Å². The van der Waals surface area contributed by atoms with Crippen LogP contribution in [0.3, 0.4) is 0 Å². The van der Waals surface area contributed by atoms with Gasteiger partial charge in [0.05, 0.1) is 18.2 Å². The van der Waals surface area contributed by atoms with Gasteiger partial charge in [0, 0.05) is 33.1 Å². The van der Waals surface area contributed by atoms with Crippen LogP contribution in [0.25, 0.3) is 0 Å². The average molecular weight is 615 g/mol. The number of aryl methyl sites for hydroxylation is 1. The maximum absolute atomic E-state index is 13.5. The highest BCUT2D eigenvalue weighted by Gasteiger charge is 2.46. The minimum atomic E-state index is -5.00. The summed E-state index contributed by atoms with van der Waals surface area (Å²) < 4.78 is 72.3. The maximum Gasteiger partial charge on any atom is 0.362 e. The Morgan fingerprint density at radius 3 is 2.00 bits per heavy atom. The van der Waals surface area contributed by atoms with E-state index in [-0.39, 0.29) is 23.3 Å². The Hall–Kier alpha value is -3.30. The molecule has 2 heterocycles. The van der Waals surface area contributed by atoms with Gasteiger partial charge >= 0.3 is 12.6 Å². The Morgan fingerprint density at radius 1 is 0.976 bits per heavy atom. The maximum atomic E-state index is 13.5. The second-order valence-electron chi connectivity index (χ2n) is 9.96. The minimum absolute atomic E-state index is 0.0602. The van der Waals surface area contributed by atoms with Gasteiger partial charge in [0.1, 0.15) is 0 Å². The van der Waals surface area contributed by atoms with Gasteiger partial charge < -0.3 is 9.26 Å². The summed E-state index contributed by atoms with van der Waals surface area (Å²) in [5, 5.41) is 0. The monoisotopic (exact) mass is 614 g/mol. The molecule has 1 N–H and O–H groups in total. The summed E-state index contributed by atoms with van der Waals surface area (Å²) in [4.78, 5) is 29.8. The first-order valence-electron chi connectivity index (χ1n) is 16.2. The van der Waals surface area contributed by atoms with Crippen molar-refractivity contribution in [1.82, 2.24) is 19.1 Å². The molecule has 0 radical (unpaired) electrons. The number of halogens is 1. The van der Waals surface area contributed by atoms with Crippen LogP contribution in [0.1, 0.15) is 36.7 Å². The molecule has 5 rings (SSSR count). The summed E-state index contributed by atoms with van der Waals surface area (Å²) in [6.07, 6.45) is -0.720. The molecule has 0 amide bonds. The third-order valence-electron chi connectivity index (χ3n) is 7.31. The summed E-state index contributed by atoms with van der Waals surface area (Å²) in [5.41, 5.74) is 0.540. The lowest BCUT2D eigenvalue weighted by atomic mass is 9.75. The number of rotatable bonds is 9. The lowest BCUT2D eigenvalue weighted by Gasteiger charge is -2.50. The molecule has 3 atom stereocenters. The van der Waals surface area contributed by atoms with Gasteiger partial charge in [-0.1, -0.05) is 91.0 Å². The molecule has 0 saturated carbocycles. The Morgan fingerprint density at radius 2 is 1.50 bits per heavy atom. The van der Waals surface area contributed by atoms with Crippen LogP contribution in [-0.2, 0) is 19.4 Å². The van der Waals surface area contributed by atoms with Crippen LogP contribution < -0.4 is 11.2 Å². The van der Waals surface area contributed by atoms with Crippen molar-refractivity contribution in [3.05, 3.63) is 140 Å². The normalized spacial score (nSPS) is 22.2. The van der Waals surface area contributed by atoms with E-state index >= 15 is 0 Å². The van der Waals surface area contributed by atoms with E-state index in [2.05, 4.69) is 9.88 Å². The van der Waals surface area contributed by atoms with Gasteiger partial charge in [0.25, 0.3) is 5.56 Å². The molecule has 9 nitrogen and oxygen atoms in total. The highest BCUT2D eigenvalue weighted by molar-refractivity contribution is 7.83. The van der Waals surface area contributed by atoms with E-state index in [9.17, 15) is 14.2 Å². The summed E-state index contributed by atoms with van der Waals surface area (Å²) in [7, 11) is 0. The van der Waals surface area contributed by atoms with Gasteiger partial charge in [-0.3, -0.25) is 23.8 Å². The number of benzene rings is 3. The van der Waals surface area contributed by atoms with Crippen LogP contribution in [-0.4, -0.2) is 58.9 Å². The Kier molecular flexibility index (Phi) is 6.91. The number of aromatic nitrogens is 2. The fourth-order valence-electron chi connectivity index (χ4n) is 5.46. The number of hydrogen-bond donors (Lipinski definition) is 1. The van der Waals surface area contributed by atoms with Crippen molar-refractivity contribution in [1.29, 1.82) is 0 Å². The molecule has 220 valence electrons. The highest BCUT2D eigenvalue weighted by Crippen LogP contribution is 2.54. The van der Waals surface area contributed by atoms with E-state index in [0.29, 0.717) is 0 Å². The molecule has 1 saturated heterocycles. The summed E-state index contributed by atoms with van der Waals surface area (Å²) in [5.74, 6) is 0. The first kappa shape index (κ1) is 23.2. The zero-order valence-electron chi connectivity index (χ0n) is 28.7. The van der Waals surface area contributed by atoms with Crippen molar-refractivity contribution in [2.75, 3.05) is 33.6 Å². The second-order valence-corrected chi connectivity index (χ2v) is 12.8. The standard InChI is InChI=1S/C31H34ClN4O5P/c1-23-19-36(30(38)33-29(23)37)28-21-35(20-27(41-28)22-40-42(32,39)34(2)3)31(24-13-7-4-8-14-24,25-15-9-5-10-16-25)26-17-11-6-12-18-26/h4-19,27-28H,20-22H2,1-3H3,(H,33,37,38)/t27-,28-,42?/m1/s1/i2D3,3D3. The quantitative estimate of drug-likeness (QED) is 0.210. The van der Waals surface area contributed by atoms with Crippen molar-refractivity contribution in [2.45, 2.75) is 24.8 Å². The number of nitrogens with zero attached hydrogens (tertiary/aromatic N) is 3. The van der Waals surface area contributed by atoms with Gasteiger partial charge in [0.2, 0.25) is 0 Å². The van der Waals surface area contributed by atoms with Gasteiger partial charge in [-0.05, 0) is 48.8 Å². The van der Waals surface area contributed by atoms with Crippen LogP contribution in [0, 0.1) is 6.92 Å². The zero-order valence-corrected chi connectivity index (χ0v) is 24.4. The number of aromatic amines is 1. The lowest BCUT2D eigenvalue weighted by Crippen LogP contribution is -2.58. The molecule has 1 aliphatic rings. The molecule has 0 bridgehead atoms. The topological polar surface area (TPSA) is 96.9 Å². The Labute approximate surface area is 258 Å². The highest BCUT2D eigenvalue weighted by atomic mass is 35.7. The van der Waals surface area contributed by atoms with Gasteiger partial charge in [-0.25, -0.2) is 9.46 Å². The van der Waals surface area contributed by atoms with Crippen LogP contribution in [0.15, 0.2) is 107 Å². The van der Waals surface area contributed by atoms with Crippen molar-refractivity contribution in [3.63, 3.8) is 0 Å². The largest absolute Gasteiger partial charge is 0.362 e. The predicted octanol–water partition coefficient (Wildman–Crippen LogP) is 4.96. The second kappa shape index (κ2) is 12.5. The van der Waals surface area contributed by atoms with Crippen LogP contribution >= 0.6 is 18.1 Å². The third-order valence-corrected chi connectivity index (χ3v) is 9.01. The van der Waals surface area contributed by atoms with Crippen LogP contribution in [0.5, 0.6) is 0 Å². The summed E-state index contributed by atoms with van der Waals surface area (Å²) in [6, 6.07) is 29.0. The molecule has 11 heteroatoms.